The minimum Gasteiger partial charge on any atom is -0.451 e. The van der Waals surface area contributed by atoms with Gasteiger partial charge in [-0.2, -0.15) is 0 Å². The molecule has 2 aromatic heterocycles. The summed E-state index contributed by atoms with van der Waals surface area (Å²) < 4.78 is 25.9. The highest BCUT2D eigenvalue weighted by Gasteiger charge is 2.30. The van der Waals surface area contributed by atoms with E-state index in [1.807, 2.05) is 51.7 Å². The molecule has 0 radical (unpaired) electrons. The number of carbonyl (C=O) groups is 1. The van der Waals surface area contributed by atoms with Crippen LogP contribution in [0.5, 0.6) is 11.5 Å². The van der Waals surface area contributed by atoms with E-state index in [0.717, 1.165) is 43.0 Å². The Bertz CT molecular complexity index is 1820. The van der Waals surface area contributed by atoms with Crippen LogP contribution >= 0.6 is 0 Å². The number of anilines is 1. The third kappa shape index (κ3) is 4.09. The molecule has 0 aliphatic carbocycles. The number of aromatic nitrogens is 3. The lowest BCUT2D eigenvalue weighted by atomic mass is 10.0. The maximum absolute atomic E-state index is 15.7. The van der Waals surface area contributed by atoms with Crippen LogP contribution in [0, 0.1) is 5.82 Å². The van der Waals surface area contributed by atoms with Crippen LogP contribution in [0.1, 0.15) is 36.0 Å². The van der Waals surface area contributed by atoms with Crippen LogP contribution in [0.25, 0.3) is 27.4 Å². The van der Waals surface area contributed by atoms with E-state index in [1.165, 1.54) is 6.07 Å². The molecule has 1 fully saturated rings. The molecule has 202 valence electrons. The number of benzene rings is 3. The van der Waals surface area contributed by atoms with E-state index < -0.39 is 11.2 Å². The Balaban J connectivity index is 1.38. The first-order valence-electron chi connectivity index (χ1n) is 13.7. The van der Waals surface area contributed by atoms with Crippen molar-refractivity contribution in [3.8, 4) is 17.2 Å². The molecule has 3 aromatic carbocycles. The fraction of sp³-hybridized carbons (Fsp3) is 0.258. The molecule has 7 rings (SSSR count). The van der Waals surface area contributed by atoms with Crippen molar-refractivity contribution in [1.29, 1.82) is 0 Å². The number of likely N-dealkylation sites (tertiary alicyclic amines) is 1. The number of hydrogen-bond acceptors (Lipinski definition) is 5. The van der Waals surface area contributed by atoms with Gasteiger partial charge < -0.3 is 24.1 Å². The van der Waals surface area contributed by atoms with Crippen LogP contribution in [-0.2, 0) is 6.54 Å². The number of ether oxygens (including phenoxy) is 1. The second-order valence-corrected chi connectivity index (χ2v) is 10.4. The molecule has 5 aromatic rings. The van der Waals surface area contributed by atoms with Gasteiger partial charge in [0.2, 0.25) is 5.43 Å². The van der Waals surface area contributed by atoms with Crippen molar-refractivity contribution < 1.29 is 13.9 Å². The molecule has 0 bridgehead atoms. The Labute approximate surface area is 229 Å². The normalized spacial score (nSPS) is 14.3. The highest BCUT2D eigenvalue weighted by molar-refractivity contribution is 6.02. The quantitative estimate of drug-likeness (QED) is 0.275. The van der Waals surface area contributed by atoms with Crippen molar-refractivity contribution in [2.45, 2.75) is 32.2 Å². The topological polar surface area (TPSA) is 81.4 Å². The smallest absolute Gasteiger partial charge is 0.259 e. The molecule has 2 aliphatic rings. The minimum atomic E-state index is -0.597. The summed E-state index contributed by atoms with van der Waals surface area (Å²) in [5, 5.41) is 5.28. The van der Waals surface area contributed by atoms with Crippen LogP contribution in [0.15, 0.2) is 72.2 Å². The number of hydrogen-bond donors (Lipinski definition) is 1. The van der Waals surface area contributed by atoms with Crippen LogP contribution in [-0.4, -0.2) is 44.6 Å². The summed E-state index contributed by atoms with van der Waals surface area (Å²) in [5.41, 5.74) is 0.895. The molecular weight excluding hydrogens is 509 g/mol. The molecule has 2 aliphatic heterocycles. The van der Waals surface area contributed by atoms with Crippen LogP contribution in [0.2, 0.25) is 0 Å². The summed E-state index contributed by atoms with van der Waals surface area (Å²) in [6, 6.07) is 13.0. The zero-order valence-corrected chi connectivity index (χ0v) is 21.9. The van der Waals surface area contributed by atoms with Crippen LogP contribution in [0.4, 0.5) is 10.1 Å². The van der Waals surface area contributed by atoms with E-state index in [1.54, 1.807) is 23.6 Å². The molecule has 0 spiro atoms. The number of amides is 1. The van der Waals surface area contributed by atoms with Gasteiger partial charge in [0.15, 0.2) is 17.3 Å². The van der Waals surface area contributed by atoms with Gasteiger partial charge in [0, 0.05) is 44.8 Å². The number of nitrogens with one attached hydrogen (secondary N) is 1. The average Bonchev–Trinajstić information content (AvgIpc) is 3.50. The van der Waals surface area contributed by atoms with Gasteiger partial charge in [-0.15, -0.1) is 0 Å². The maximum Gasteiger partial charge on any atom is 0.259 e. The van der Waals surface area contributed by atoms with Crippen molar-refractivity contribution in [2.75, 3.05) is 25.0 Å². The largest absolute Gasteiger partial charge is 0.451 e. The van der Waals surface area contributed by atoms with Gasteiger partial charge in [-0.3, -0.25) is 9.59 Å². The molecule has 0 unspecified atom stereocenters. The monoisotopic (exact) mass is 537 g/mol. The molecular formula is C31H28FN5O3. The number of rotatable bonds is 6. The number of nitrogens with zero attached hydrogens (tertiary/aromatic N) is 4. The number of imidazole rings is 1. The van der Waals surface area contributed by atoms with Crippen LogP contribution < -0.4 is 15.5 Å². The molecule has 1 amide bonds. The van der Waals surface area contributed by atoms with Gasteiger partial charge in [0.05, 0.1) is 17.4 Å². The van der Waals surface area contributed by atoms with E-state index >= 15 is 4.39 Å². The summed E-state index contributed by atoms with van der Waals surface area (Å²) in [4.78, 5) is 33.1. The van der Waals surface area contributed by atoms with E-state index in [4.69, 9.17) is 4.74 Å². The van der Waals surface area contributed by atoms with Crippen LogP contribution in [0.3, 0.4) is 0 Å². The zero-order chi connectivity index (χ0) is 27.2. The highest BCUT2D eigenvalue weighted by atomic mass is 19.1. The Morgan fingerprint density at radius 1 is 1.07 bits per heavy atom. The van der Waals surface area contributed by atoms with Gasteiger partial charge in [-0.1, -0.05) is 24.3 Å². The summed E-state index contributed by atoms with van der Waals surface area (Å²) >= 11 is 0. The fourth-order valence-electron chi connectivity index (χ4n) is 5.78. The van der Waals surface area contributed by atoms with Crippen molar-refractivity contribution in [3.05, 3.63) is 89.0 Å². The van der Waals surface area contributed by atoms with E-state index in [0.29, 0.717) is 36.6 Å². The first kappa shape index (κ1) is 24.4. The predicted octanol–water partition coefficient (Wildman–Crippen LogP) is 5.71. The highest BCUT2D eigenvalue weighted by Crippen LogP contribution is 2.46. The average molecular weight is 538 g/mol. The third-order valence-corrected chi connectivity index (χ3v) is 7.82. The number of piperidine rings is 1. The molecule has 8 nitrogen and oxygen atoms in total. The molecule has 4 heterocycles. The maximum atomic E-state index is 15.7. The summed E-state index contributed by atoms with van der Waals surface area (Å²) in [7, 11) is 0. The number of fused-ring (bicyclic) bond motifs is 3. The number of halogens is 1. The van der Waals surface area contributed by atoms with Crippen molar-refractivity contribution in [2.24, 2.45) is 0 Å². The fourth-order valence-corrected chi connectivity index (χ4v) is 5.78. The van der Waals surface area contributed by atoms with Crippen molar-refractivity contribution >= 4 is 33.3 Å². The van der Waals surface area contributed by atoms with Gasteiger partial charge in [0.25, 0.3) is 5.91 Å². The molecule has 0 saturated carbocycles. The number of pyridine rings is 1. The molecule has 0 atom stereocenters. The predicted molar refractivity (Wildman–Crippen MR) is 152 cm³/mol. The minimum absolute atomic E-state index is 0.0433. The first-order chi connectivity index (χ1) is 19.6. The SMILES string of the molecule is O=C(c1cn2c3c(c(NCCCn4ccnc4)c(F)cc3c1=O)Oc1cc3ccccc3cc1-2)N1CCCCC1. The van der Waals surface area contributed by atoms with Gasteiger partial charge in [-0.25, -0.2) is 9.37 Å². The number of aryl methyl sites for hydroxylation is 1. The van der Waals surface area contributed by atoms with E-state index in [-0.39, 0.29) is 28.3 Å². The lowest BCUT2D eigenvalue weighted by molar-refractivity contribution is 0.0722. The molecule has 9 heteroatoms. The second kappa shape index (κ2) is 9.82. The van der Waals surface area contributed by atoms with Gasteiger partial charge >= 0.3 is 0 Å². The zero-order valence-electron chi connectivity index (χ0n) is 21.9. The Hall–Kier alpha value is -4.66. The molecule has 1 N–H and O–H groups in total. The van der Waals surface area contributed by atoms with E-state index in [2.05, 4.69) is 10.3 Å². The lowest BCUT2D eigenvalue weighted by Gasteiger charge is -2.29. The Morgan fingerprint density at radius 2 is 1.88 bits per heavy atom. The second-order valence-electron chi connectivity index (χ2n) is 10.4. The Morgan fingerprint density at radius 3 is 2.65 bits per heavy atom. The summed E-state index contributed by atoms with van der Waals surface area (Å²) in [5.74, 6) is -0.137. The number of carbonyl (C=O) groups excluding carboxylic acids is 1. The summed E-state index contributed by atoms with van der Waals surface area (Å²) in [6.45, 7) is 2.43. The Kier molecular flexibility index (Phi) is 5.99. The standard InChI is InChI=1S/C31H28FN5O3/c32-24-17-22-28-30(27(24)34-9-6-11-35-14-10-33-19-35)40-26-16-21-8-3-2-7-20(21)15-25(26)37(28)18-23(29(22)38)31(39)36-12-4-1-5-13-36/h2-3,7-8,10,14-19,34H,1,4-6,9,11-13H2. The molecule has 40 heavy (non-hydrogen) atoms. The summed E-state index contributed by atoms with van der Waals surface area (Å²) in [6.07, 6.45) is 10.6. The van der Waals surface area contributed by atoms with Crippen molar-refractivity contribution in [3.63, 3.8) is 0 Å². The van der Waals surface area contributed by atoms with Crippen molar-refractivity contribution in [1.82, 2.24) is 19.0 Å². The van der Waals surface area contributed by atoms with Gasteiger partial charge in [0.1, 0.15) is 16.8 Å². The lowest BCUT2D eigenvalue weighted by Crippen LogP contribution is -2.38. The van der Waals surface area contributed by atoms with Gasteiger partial charge in [-0.05, 0) is 54.7 Å². The first-order valence-corrected chi connectivity index (χ1v) is 13.7. The van der Waals surface area contributed by atoms with E-state index in [9.17, 15) is 9.59 Å². The molecule has 1 saturated heterocycles. The third-order valence-electron chi connectivity index (χ3n) is 7.82.